The van der Waals surface area contributed by atoms with Gasteiger partial charge >= 0.3 is 0 Å². The Morgan fingerprint density at radius 1 is 1.27 bits per heavy atom. The topological polar surface area (TPSA) is 12.0 Å². The Balaban J connectivity index is 2.12. The number of unbranched alkanes of at least 4 members (excludes halogenated alkanes) is 4. The minimum atomic E-state index is 0.365. The normalized spacial score (nSPS) is 31.8. The average molecular weight is 229 g/mol. The van der Waals surface area contributed by atoms with E-state index in [4.69, 9.17) is 0 Å². The van der Waals surface area contributed by atoms with Crippen molar-refractivity contribution in [2.75, 3.05) is 5.75 Å². The lowest BCUT2D eigenvalue weighted by molar-refractivity contribution is 0.377. The largest absolute Gasteiger partial charge is 0.300 e. The summed E-state index contributed by atoms with van der Waals surface area (Å²) in [5, 5.41) is 3.75. The maximum absolute atomic E-state index is 3.75. The molecule has 1 heterocycles. The first kappa shape index (κ1) is 13.4. The Hall–Kier alpha value is 0.310. The van der Waals surface area contributed by atoms with E-state index >= 15 is 0 Å². The molecule has 0 aliphatic carbocycles. The van der Waals surface area contributed by atoms with Gasteiger partial charge in [-0.1, -0.05) is 39.0 Å². The summed E-state index contributed by atoms with van der Waals surface area (Å²) < 4.78 is 0. The van der Waals surface area contributed by atoms with E-state index in [1.54, 1.807) is 0 Å². The highest BCUT2D eigenvalue weighted by Gasteiger charge is 2.29. The van der Waals surface area contributed by atoms with E-state index in [0.717, 1.165) is 0 Å². The Morgan fingerprint density at radius 3 is 2.67 bits per heavy atom. The van der Waals surface area contributed by atoms with Crippen LogP contribution in [-0.4, -0.2) is 16.7 Å². The number of thioether (sulfide) groups is 1. The highest BCUT2D eigenvalue weighted by Crippen LogP contribution is 2.33. The molecule has 0 saturated carbocycles. The molecular formula is C13H27NS. The van der Waals surface area contributed by atoms with Crippen molar-refractivity contribution in [1.29, 1.82) is 0 Å². The zero-order valence-corrected chi connectivity index (χ0v) is 11.5. The molecule has 1 aliphatic heterocycles. The molecular weight excluding hydrogens is 202 g/mol. The van der Waals surface area contributed by atoms with Gasteiger partial charge in [0.2, 0.25) is 0 Å². The van der Waals surface area contributed by atoms with E-state index in [1.165, 1.54) is 50.7 Å². The fourth-order valence-corrected chi connectivity index (χ4v) is 3.80. The van der Waals surface area contributed by atoms with Crippen LogP contribution in [0.5, 0.6) is 0 Å². The second-order valence-corrected chi connectivity index (χ2v) is 6.68. The van der Waals surface area contributed by atoms with Gasteiger partial charge in [-0.3, -0.25) is 0 Å². The average Bonchev–Trinajstić information content (AvgIpc) is 2.17. The molecule has 0 radical (unpaired) electrons. The summed E-state index contributed by atoms with van der Waals surface area (Å²) in [7, 11) is 0. The van der Waals surface area contributed by atoms with Crippen LogP contribution in [-0.2, 0) is 0 Å². The van der Waals surface area contributed by atoms with E-state index in [-0.39, 0.29) is 0 Å². The quantitative estimate of drug-likeness (QED) is 0.686. The monoisotopic (exact) mass is 229 g/mol. The fourth-order valence-electron chi connectivity index (χ4n) is 2.31. The second-order valence-electron chi connectivity index (χ2n) is 5.08. The van der Waals surface area contributed by atoms with E-state index < -0.39 is 0 Å². The Labute approximate surface area is 99.8 Å². The first-order valence-electron chi connectivity index (χ1n) is 6.58. The third kappa shape index (κ3) is 5.26. The predicted octanol–water partition coefficient (Wildman–Crippen LogP) is 4.18. The molecule has 0 aromatic heterocycles. The van der Waals surface area contributed by atoms with E-state index in [1.807, 2.05) is 0 Å². The van der Waals surface area contributed by atoms with Crippen molar-refractivity contribution in [3.63, 3.8) is 0 Å². The van der Waals surface area contributed by atoms with E-state index in [2.05, 4.69) is 37.8 Å². The van der Waals surface area contributed by atoms with Crippen LogP contribution < -0.4 is 5.32 Å². The van der Waals surface area contributed by atoms with Crippen LogP contribution in [0.25, 0.3) is 0 Å². The summed E-state index contributed by atoms with van der Waals surface area (Å²) in [6, 6.07) is 0.715. The lowest BCUT2D eigenvalue weighted by Crippen LogP contribution is -2.48. The molecule has 2 heteroatoms. The third-order valence-electron chi connectivity index (χ3n) is 3.28. The zero-order chi connectivity index (χ0) is 11.1. The van der Waals surface area contributed by atoms with Crippen molar-refractivity contribution in [2.24, 2.45) is 0 Å². The van der Waals surface area contributed by atoms with Crippen LogP contribution in [0.15, 0.2) is 0 Å². The smallest absolute Gasteiger partial charge is 0.0618 e. The molecule has 90 valence electrons. The second kappa shape index (κ2) is 6.80. The van der Waals surface area contributed by atoms with E-state index in [9.17, 15) is 0 Å². The van der Waals surface area contributed by atoms with E-state index in [0.29, 0.717) is 10.9 Å². The minimum absolute atomic E-state index is 0.365. The summed E-state index contributed by atoms with van der Waals surface area (Å²) >= 11 is 2.12. The molecule has 1 aliphatic rings. The van der Waals surface area contributed by atoms with Crippen LogP contribution in [0.3, 0.4) is 0 Å². The Kier molecular flexibility index (Phi) is 6.06. The third-order valence-corrected chi connectivity index (χ3v) is 4.68. The van der Waals surface area contributed by atoms with Gasteiger partial charge in [-0.2, -0.15) is 0 Å². The van der Waals surface area contributed by atoms with Gasteiger partial charge in [0.15, 0.2) is 0 Å². The number of nitrogens with one attached hydrogen (secondary N) is 1. The van der Waals surface area contributed by atoms with Gasteiger partial charge in [0.05, 0.1) is 4.87 Å². The van der Waals surface area contributed by atoms with Gasteiger partial charge in [0.1, 0.15) is 0 Å². The standard InChI is InChI=1S/C13H27NS/c1-4-5-6-7-8-10-13(3)14-12(2)9-11-15-13/h12,14H,4-11H2,1-3H3. The van der Waals surface area contributed by atoms with Crippen LogP contribution in [0.1, 0.15) is 65.7 Å². The molecule has 15 heavy (non-hydrogen) atoms. The van der Waals surface area contributed by atoms with Crippen molar-refractivity contribution in [3.8, 4) is 0 Å². The van der Waals surface area contributed by atoms with Crippen LogP contribution in [0.2, 0.25) is 0 Å². The molecule has 0 bridgehead atoms. The molecule has 1 saturated heterocycles. The molecule has 2 unspecified atom stereocenters. The summed E-state index contributed by atoms with van der Waals surface area (Å²) in [6.45, 7) is 6.98. The maximum atomic E-state index is 3.75. The first-order valence-corrected chi connectivity index (χ1v) is 7.56. The fraction of sp³-hybridized carbons (Fsp3) is 1.00. The lowest BCUT2D eigenvalue weighted by Gasteiger charge is -2.38. The Bertz CT molecular complexity index is 172. The molecule has 1 fully saturated rings. The molecule has 1 N–H and O–H groups in total. The Morgan fingerprint density at radius 2 is 2.00 bits per heavy atom. The maximum Gasteiger partial charge on any atom is 0.0618 e. The number of rotatable bonds is 6. The minimum Gasteiger partial charge on any atom is -0.300 e. The van der Waals surface area contributed by atoms with Crippen LogP contribution in [0.4, 0.5) is 0 Å². The highest BCUT2D eigenvalue weighted by molar-refractivity contribution is 8.00. The molecule has 0 aromatic rings. The van der Waals surface area contributed by atoms with Gasteiger partial charge in [-0.15, -0.1) is 11.8 Å². The van der Waals surface area contributed by atoms with Crippen molar-refractivity contribution in [3.05, 3.63) is 0 Å². The van der Waals surface area contributed by atoms with Gasteiger partial charge in [0.25, 0.3) is 0 Å². The van der Waals surface area contributed by atoms with Gasteiger partial charge in [-0.05, 0) is 32.4 Å². The molecule has 1 nitrogen and oxygen atoms in total. The molecule has 1 rings (SSSR count). The van der Waals surface area contributed by atoms with Crippen LogP contribution >= 0.6 is 11.8 Å². The van der Waals surface area contributed by atoms with Gasteiger partial charge in [0, 0.05) is 6.04 Å². The zero-order valence-electron chi connectivity index (χ0n) is 10.6. The first-order chi connectivity index (χ1) is 7.16. The number of hydrogen-bond acceptors (Lipinski definition) is 2. The summed E-state index contributed by atoms with van der Waals surface area (Å²) in [6.07, 6.45) is 9.66. The predicted molar refractivity (Wildman–Crippen MR) is 71.5 cm³/mol. The van der Waals surface area contributed by atoms with Crippen molar-refractivity contribution in [1.82, 2.24) is 5.32 Å². The highest BCUT2D eigenvalue weighted by atomic mass is 32.2. The van der Waals surface area contributed by atoms with Crippen molar-refractivity contribution >= 4 is 11.8 Å². The van der Waals surface area contributed by atoms with Gasteiger partial charge < -0.3 is 5.32 Å². The SMILES string of the molecule is CCCCCCCC1(C)NC(C)CCS1. The molecule has 2 atom stereocenters. The molecule has 0 aromatic carbocycles. The molecule has 0 amide bonds. The summed E-state index contributed by atoms with van der Waals surface area (Å²) in [4.78, 5) is 0.365. The summed E-state index contributed by atoms with van der Waals surface area (Å²) in [5.41, 5.74) is 0. The van der Waals surface area contributed by atoms with Gasteiger partial charge in [-0.25, -0.2) is 0 Å². The van der Waals surface area contributed by atoms with Crippen LogP contribution in [0, 0.1) is 0 Å². The molecule has 0 spiro atoms. The lowest BCUT2D eigenvalue weighted by atomic mass is 10.1. The van der Waals surface area contributed by atoms with Crippen molar-refractivity contribution < 1.29 is 0 Å². The number of hydrogen-bond donors (Lipinski definition) is 1. The summed E-state index contributed by atoms with van der Waals surface area (Å²) in [5.74, 6) is 1.33. The van der Waals surface area contributed by atoms with Crippen molar-refractivity contribution in [2.45, 2.75) is 76.6 Å².